The molecule has 2 amide bonds. The van der Waals surface area contributed by atoms with Gasteiger partial charge >= 0.3 is 0 Å². The molecule has 0 atom stereocenters. The van der Waals surface area contributed by atoms with Crippen LogP contribution >= 0.6 is 11.8 Å². The highest BCUT2D eigenvalue weighted by molar-refractivity contribution is 7.99. The van der Waals surface area contributed by atoms with Crippen LogP contribution in [0.3, 0.4) is 0 Å². The van der Waals surface area contributed by atoms with Gasteiger partial charge in [-0.25, -0.2) is 0 Å². The molecule has 0 radical (unpaired) electrons. The Balaban J connectivity index is 1.33. The highest BCUT2D eigenvalue weighted by Crippen LogP contribution is 2.22. The first-order valence-corrected chi connectivity index (χ1v) is 12.4. The van der Waals surface area contributed by atoms with E-state index in [9.17, 15) is 9.59 Å². The van der Waals surface area contributed by atoms with Gasteiger partial charge in [0.15, 0.2) is 11.0 Å². The molecule has 7 nitrogen and oxygen atoms in total. The van der Waals surface area contributed by atoms with Gasteiger partial charge in [-0.2, -0.15) is 0 Å². The second-order valence-electron chi connectivity index (χ2n) is 8.05. The van der Waals surface area contributed by atoms with Gasteiger partial charge in [0, 0.05) is 25.2 Å². The fraction of sp³-hybridized carbons (Fsp3) is 0.360. The van der Waals surface area contributed by atoms with Crippen molar-refractivity contribution in [3.05, 3.63) is 60.4 Å². The van der Waals surface area contributed by atoms with Crippen LogP contribution in [0.25, 0.3) is 11.1 Å². The highest BCUT2D eigenvalue weighted by atomic mass is 32.2. The second kappa shape index (κ2) is 11.1. The maximum absolute atomic E-state index is 12.5. The van der Waals surface area contributed by atoms with E-state index in [4.69, 9.17) is 0 Å². The summed E-state index contributed by atoms with van der Waals surface area (Å²) in [5.74, 6) is 1.10. The summed E-state index contributed by atoms with van der Waals surface area (Å²) in [5, 5.41) is 12.2. The molecule has 1 saturated heterocycles. The van der Waals surface area contributed by atoms with Crippen molar-refractivity contribution >= 4 is 29.3 Å². The Labute approximate surface area is 198 Å². The molecular formula is C25H29N5O2S. The minimum absolute atomic E-state index is 0.0950. The summed E-state index contributed by atoms with van der Waals surface area (Å²) in [4.78, 5) is 26.7. The fourth-order valence-corrected chi connectivity index (χ4v) is 4.76. The van der Waals surface area contributed by atoms with Crippen LogP contribution < -0.4 is 5.32 Å². The number of carbonyl (C=O) groups excluding carboxylic acids is 2. The molecule has 33 heavy (non-hydrogen) atoms. The van der Waals surface area contributed by atoms with Gasteiger partial charge in [-0.1, -0.05) is 60.6 Å². The number of hydrogen-bond donors (Lipinski definition) is 1. The number of likely N-dealkylation sites (tertiary alicyclic amines) is 1. The minimum Gasteiger partial charge on any atom is -0.335 e. The predicted molar refractivity (Wildman–Crippen MR) is 131 cm³/mol. The van der Waals surface area contributed by atoms with Crippen molar-refractivity contribution in [1.29, 1.82) is 0 Å². The standard InChI is InChI=1S/C25H29N5O2S/c1-2-30-22(17-29-16-8-4-7-11-24(29)32)27-28-25(30)33-18-23(31)26-21-14-12-20(13-15-21)19-9-5-3-6-10-19/h3,5-6,9-10,12-15H,2,4,7-8,11,16-18H2,1H3,(H,26,31). The summed E-state index contributed by atoms with van der Waals surface area (Å²) in [6.07, 6.45) is 3.68. The van der Waals surface area contributed by atoms with E-state index in [0.717, 1.165) is 48.4 Å². The van der Waals surface area contributed by atoms with Gasteiger partial charge in [0.1, 0.15) is 0 Å². The van der Waals surface area contributed by atoms with Gasteiger partial charge in [-0.05, 0) is 43.0 Å². The Morgan fingerprint density at radius 3 is 2.52 bits per heavy atom. The van der Waals surface area contributed by atoms with E-state index in [-0.39, 0.29) is 17.6 Å². The Bertz CT molecular complexity index is 1080. The Kier molecular flexibility index (Phi) is 7.78. The molecule has 0 bridgehead atoms. The molecule has 0 spiro atoms. The van der Waals surface area contributed by atoms with Crippen molar-refractivity contribution in [3.63, 3.8) is 0 Å². The van der Waals surface area contributed by atoms with Gasteiger partial charge < -0.3 is 14.8 Å². The van der Waals surface area contributed by atoms with E-state index in [1.807, 2.05) is 58.9 Å². The minimum atomic E-state index is -0.0950. The molecule has 1 aliphatic rings. The zero-order chi connectivity index (χ0) is 23.0. The molecule has 1 aromatic heterocycles. The molecule has 0 aliphatic carbocycles. The van der Waals surface area contributed by atoms with Crippen molar-refractivity contribution < 1.29 is 9.59 Å². The number of thioether (sulfide) groups is 1. The first-order valence-electron chi connectivity index (χ1n) is 11.4. The van der Waals surface area contributed by atoms with Crippen LogP contribution in [0, 0.1) is 0 Å². The first kappa shape index (κ1) is 23.0. The highest BCUT2D eigenvalue weighted by Gasteiger charge is 2.21. The zero-order valence-electron chi connectivity index (χ0n) is 18.9. The topological polar surface area (TPSA) is 80.1 Å². The average molecular weight is 464 g/mol. The maximum atomic E-state index is 12.5. The van der Waals surface area contributed by atoms with E-state index in [2.05, 4.69) is 27.6 Å². The lowest BCUT2D eigenvalue weighted by Gasteiger charge is -2.20. The number of carbonyl (C=O) groups is 2. The van der Waals surface area contributed by atoms with Crippen molar-refractivity contribution in [2.75, 3.05) is 17.6 Å². The molecule has 0 unspecified atom stereocenters. The molecule has 4 rings (SSSR count). The van der Waals surface area contributed by atoms with Crippen molar-refractivity contribution in [2.24, 2.45) is 0 Å². The fourth-order valence-electron chi connectivity index (χ4n) is 3.94. The SMILES string of the molecule is CCn1c(CN2CCCCCC2=O)nnc1SCC(=O)Nc1ccc(-c2ccccc2)cc1. The molecule has 172 valence electrons. The van der Waals surface area contributed by atoms with Crippen LogP contribution in [0.5, 0.6) is 0 Å². The summed E-state index contributed by atoms with van der Waals surface area (Å²) in [5.41, 5.74) is 3.01. The number of benzene rings is 2. The van der Waals surface area contributed by atoms with Crippen LogP contribution in [-0.4, -0.2) is 43.8 Å². The Morgan fingerprint density at radius 2 is 1.76 bits per heavy atom. The van der Waals surface area contributed by atoms with Crippen molar-refractivity contribution in [1.82, 2.24) is 19.7 Å². The van der Waals surface area contributed by atoms with E-state index < -0.39 is 0 Å². The number of nitrogens with zero attached hydrogens (tertiary/aromatic N) is 4. The number of anilines is 1. The lowest BCUT2D eigenvalue weighted by Crippen LogP contribution is -2.31. The lowest BCUT2D eigenvalue weighted by molar-refractivity contribution is -0.131. The Morgan fingerprint density at radius 1 is 1.00 bits per heavy atom. The lowest BCUT2D eigenvalue weighted by atomic mass is 10.1. The number of rotatable bonds is 8. The predicted octanol–water partition coefficient (Wildman–Crippen LogP) is 4.60. The van der Waals surface area contributed by atoms with Crippen LogP contribution in [0.4, 0.5) is 5.69 Å². The third-order valence-corrected chi connectivity index (χ3v) is 6.69. The van der Waals surface area contributed by atoms with E-state index in [1.165, 1.54) is 11.8 Å². The molecule has 2 heterocycles. The summed E-state index contributed by atoms with van der Waals surface area (Å²) in [7, 11) is 0. The third-order valence-electron chi connectivity index (χ3n) is 5.72. The number of hydrogen-bond acceptors (Lipinski definition) is 5. The summed E-state index contributed by atoms with van der Waals surface area (Å²) >= 11 is 1.36. The maximum Gasteiger partial charge on any atom is 0.234 e. The molecular weight excluding hydrogens is 434 g/mol. The van der Waals surface area contributed by atoms with Crippen molar-refractivity contribution in [3.8, 4) is 11.1 Å². The van der Waals surface area contributed by atoms with Crippen molar-refractivity contribution in [2.45, 2.75) is 50.9 Å². The average Bonchev–Trinajstić information content (AvgIpc) is 3.12. The van der Waals surface area contributed by atoms with Crippen LogP contribution in [0.1, 0.15) is 38.4 Å². The third kappa shape index (κ3) is 6.01. The zero-order valence-corrected chi connectivity index (χ0v) is 19.7. The van der Waals surface area contributed by atoms with Gasteiger partial charge in [-0.3, -0.25) is 9.59 Å². The van der Waals surface area contributed by atoms with Gasteiger partial charge in [0.05, 0.1) is 12.3 Å². The first-order chi connectivity index (χ1) is 16.1. The normalized spacial score (nSPS) is 14.2. The van der Waals surface area contributed by atoms with Crippen LogP contribution in [0.15, 0.2) is 59.8 Å². The van der Waals surface area contributed by atoms with E-state index in [0.29, 0.717) is 24.7 Å². The van der Waals surface area contributed by atoms with E-state index in [1.54, 1.807) is 0 Å². The molecule has 8 heteroatoms. The van der Waals surface area contributed by atoms with Gasteiger partial charge in [-0.15, -0.1) is 10.2 Å². The Hall–Kier alpha value is -3.13. The molecule has 2 aromatic carbocycles. The van der Waals surface area contributed by atoms with Crippen LogP contribution in [0.2, 0.25) is 0 Å². The number of nitrogens with one attached hydrogen (secondary N) is 1. The van der Waals surface area contributed by atoms with Crippen LogP contribution in [-0.2, 0) is 22.7 Å². The summed E-state index contributed by atoms with van der Waals surface area (Å²) < 4.78 is 1.99. The second-order valence-corrected chi connectivity index (χ2v) is 8.99. The molecule has 3 aromatic rings. The van der Waals surface area contributed by atoms with Gasteiger partial charge in [0.25, 0.3) is 0 Å². The molecule has 1 aliphatic heterocycles. The summed E-state index contributed by atoms with van der Waals surface area (Å²) in [6, 6.07) is 18.0. The molecule has 1 N–H and O–H groups in total. The number of amides is 2. The van der Waals surface area contributed by atoms with Gasteiger partial charge in [0.2, 0.25) is 11.8 Å². The van der Waals surface area contributed by atoms with E-state index >= 15 is 0 Å². The summed E-state index contributed by atoms with van der Waals surface area (Å²) in [6.45, 7) is 3.95. The quantitative estimate of drug-likeness (QED) is 0.494. The largest absolute Gasteiger partial charge is 0.335 e. The monoisotopic (exact) mass is 463 g/mol. The molecule has 1 fully saturated rings. The molecule has 0 saturated carbocycles. The smallest absolute Gasteiger partial charge is 0.234 e. The number of aromatic nitrogens is 3.